The number of anilines is 1. The van der Waals surface area contributed by atoms with Crippen LogP contribution in [0.4, 0.5) is 9.93 Å². The number of nitrogens with one attached hydrogen (secondary N) is 2. The van der Waals surface area contributed by atoms with Gasteiger partial charge in [0, 0.05) is 19.4 Å². The van der Waals surface area contributed by atoms with Crippen molar-refractivity contribution in [3.05, 3.63) is 32.7 Å². The number of phenolic OH excluding ortho intramolecular Hbond substituents is 2. The Bertz CT molecular complexity index is 1940. The summed E-state index contributed by atoms with van der Waals surface area (Å²) in [7, 11) is 0. The van der Waals surface area contributed by atoms with Gasteiger partial charge in [-0.15, -0.1) is 0 Å². The van der Waals surface area contributed by atoms with Crippen molar-refractivity contribution in [2.45, 2.75) is 34.7 Å². The number of ketones is 1. The van der Waals surface area contributed by atoms with Gasteiger partial charge in [-0.1, -0.05) is 51.5 Å². The first kappa shape index (κ1) is 34.8. The van der Waals surface area contributed by atoms with Crippen LogP contribution in [-0.2, 0) is 28.8 Å². The number of β-lactam (4-membered cyclic amide) rings is 1. The standard InChI is InChI=1S/C26H22Cl2N8O12S2/c27-10-8(1-2-9(37)15(10)39)14(38)18(41)32-36-6-5-35(24(36)47)26(22(45)46)7-34-19(42)13(20(34)50-26)30-17(40)12(11-16(28)49-23(29)31-11)33-48-25(3-4-25)21(43)44/h1-2,13,20,37,39H,3-7H2,(H2,29,31)(H,30,40)(H,32,41)(H,43,44)(H,45,46)/b33-12-/t13-,20-,26-/m1/s1. The van der Waals surface area contributed by atoms with E-state index in [9.17, 15) is 54.0 Å². The van der Waals surface area contributed by atoms with E-state index < -0.39 is 97.7 Å². The van der Waals surface area contributed by atoms with Gasteiger partial charge in [-0.05, 0) is 12.1 Å². The highest BCUT2D eigenvalue weighted by molar-refractivity contribution is 8.02. The number of oxime groups is 1. The molecule has 4 aliphatic rings. The molecule has 8 N–H and O–H groups in total. The fourth-order valence-corrected chi connectivity index (χ4v) is 8.07. The highest BCUT2D eigenvalue weighted by atomic mass is 35.5. The fraction of sp³-hybridized carbons (Fsp3) is 0.346. The van der Waals surface area contributed by atoms with E-state index in [1.807, 2.05) is 0 Å². The molecule has 0 bridgehead atoms. The number of nitrogen functional groups attached to an aromatic ring is 1. The van der Waals surface area contributed by atoms with Gasteiger partial charge in [-0.2, -0.15) is 0 Å². The van der Waals surface area contributed by atoms with E-state index >= 15 is 0 Å². The number of carbonyl (C=O) groups is 7. The lowest BCUT2D eigenvalue weighted by molar-refractivity contribution is -0.153. The molecule has 3 atom stereocenters. The van der Waals surface area contributed by atoms with E-state index in [0.717, 1.165) is 33.3 Å². The quantitative estimate of drug-likeness (QED) is 0.0382. The van der Waals surface area contributed by atoms with E-state index in [0.29, 0.717) is 16.8 Å². The number of benzene rings is 1. The smallest absolute Gasteiger partial charge is 0.350 e. The Morgan fingerprint density at radius 2 is 1.76 bits per heavy atom. The summed E-state index contributed by atoms with van der Waals surface area (Å²) in [6, 6.07) is -0.482. The molecule has 1 saturated carbocycles. The number of hydrazine groups is 1. The van der Waals surface area contributed by atoms with Crippen LogP contribution < -0.4 is 16.5 Å². The average molecular weight is 774 g/mol. The number of aliphatic carboxylic acids is 2. The van der Waals surface area contributed by atoms with E-state index in [2.05, 4.69) is 20.9 Å². The second-order valence-electron chi connectivity index (χ2n) is 11.2. The highest BCUT2D eigenvalue weighted by Gasteiger charge is 2.66. The zero-order chi connectivity index (χ0) is 36.4. The van der Waals surface area contributed by atoms with Gasteiger partial charge >= 0.3 is 23.9 Å². The van der Waals surface area contributed by atoms with Crippen molar-refractivity contribution < 1.29 is 58.8 Å². The molecule has 24 heteroatoms. The Morgan fingerprint density at radius 3 is 2.36 bits per heavy atom. The summed E-state index contributed by atoms with van der Waals surface area (Å²) in [6.45, 7) is -1.07. The molecule has 5 amide bonds. The van der Waals surface area contributed by atoms with Gasteiger partial charge in [0.05, 0.1) is 23.7 Å². The fourth-order valence-electron chi connectivity index (χ4n) is 5.26. The molecule has 3 aliphatic heterocycles. The minimum Gasteiger partial charge on any atom is -0.504 e. The number of urea groups is 1. The van der Waals surface area contributed by atoms with Crippen molar-refractivity contribution in [3.63, 3.8) is 0 Å². The molecule has 264 valence electrons. The molecule has 50 heavy (non-hydrogen) atoms. The Hall–Kier alpha value is -5.06. The summed E-state index contributed by atoms with van der Waals surface area (Å²) in [4.78, 5) is 98.7. The third-order valence-corrected chi connectivity index (χ3v) is 11.3. The van der Waals surface area contributed by atoms with Crippen molar-refractivity contribution in [2.24, 2.45) is 5.16 Å². The number of halogens is 2. The lowest BCUT2D eigenvalue weighted by Crippen LogP contribution is -2.68. The van der Waals surface area contributed by atoms with Crippen molar-refractivity contribution in [3.8, 4) is 11.5 Å². The Labute approximate surface area is 296 Å². The predicted octanol–water partition coefficient (Wildman–Crippen LogP) is -0.386. The molecule has 3 saturated heterocycles. The zero-order valence-electron chi connectivity index (χ0n) is 24.8. The number of nitrogens with zero attached hydrogens (tertiary/aromatic N) is 5. The largest absolute Gasteiger partial charge is 0.504 e. The van der Waals surface area contributed by atoms with Gasteiger partial charge < -0.3 is 41.2 Å². The highest BCUT2D eigenvalue weighted by Crippen LogP contribution is 2.50. The number of amides is 5. The summed E-state index contributed by atoms with van der Waals surface area (Å²) in [5.41, 5.74) is 4.79. The monoisotopic (exact) mass is 772 g/mol. The molecule has 1 aliphatic carbocycles. The van der Waals surface area contributed by atoms with Crippen LogP contribution in [0.2, 0.25) is 9.36 Å². The van der Waals surface area contributed by atoms with Crippen LogP contribution >= 0.6 is 46.3 Å². The third-order valence-electron chi connectivity index (χ3n) is 8.14. The summed E-state index contributed by atoms with van der Waals surface area (Å²) in [5, 5.41) is 44.2. The maximum atomic E-state index is 13.4. The second kappa shape index (κ2) is 12.4. The second-order valence-corrected chi connectivity index (χ2v) is 14.6. The molecule has 0 spiro atoms. The summed E-state index contributed by atoms with van der Waals surface area (Å²) >= 11 is 13.5. The number of carboxylic acid groups (broad SMARTS) is 2. The van der Waals surface area contributed by atoms with Crippen LogP contribution in [0.3, 0.4) is 0 Å². The minimum absolute atomic E-state index is 0.0540. The summed E-state index contributed by atoms with van der Waals surface area (Å²) in [5.74, 6) is -8.76. The average Bonchev–Trinajstić information content (AvgIpc) is 3.51. The number of aromatic hydroxyl groups is 2. The van der Waals surface area contributed by atoms with E-state index in [1.165, 1.54) is 0 Å². The van der Waals surface area contributed by atoms with Gasteiger partial charge in [0.2, 0.25) is 16.4 Å². The first-order valence-electron chi connectivity index (χ1n) is 14.1. The van der Waals surface area contributed by atoms with Gasteiger partial charge in [-0.25, -0.2) is 24.4 Å². The number of Topliss-reactive ketones (excluding diaryl/α,β-unsaturated/α-hetero) is 1. The molecule has 1 aromatic heterocycles. The van der Waals surface area contributed by atoms with Gasteiger partial charge in [0.25, 0.3) is 11.7 Å². The molecule has 0 unspecified atom stereocenters. The van der Waals surface area contributed by atoms with Crippen LogP contribution in [0.5, 0.6) is 11.5 Å². The first-order valence-corrected chi connectivity index (χ1v) is 16.6. The predicted molar refractivity (Wildman–Crippen MR) is 170 cm³/mol. The molecular weight excluding hydrogens is 751 g/mol. The van der Waals surface area contributed by atoms with E-state index in [-0.39, 0.29) is 41.1 Å². The zero-order valence-corrected chi connectivity index (χ0v) is 27.9. The number of carboxylic acids is 2. The molecular formula is C26H22Cl2N8O12S2. The molecule has 4 fully saturated rings. The Morgan fingerprint density at radius 1 is 1.06 bits per heavy atom. The molecule has 1 aromatic carbocycles. The normalized spacial score (nSPS) is 23.6. The number of fused-ring (bicyclic) bond motifs is 1. The SMILES string of the molecule is Nc1nc(/C(=N/OC2(C(=O)O)CC2)C(=O)N[C@@H]2C(=O)N3C[C@@](C(=O)O)(N4CCN(NC(=O)C(=O)c5ccc(O)c(O)c5Cl)C4=O)S[C@H]23)c(Cl)s1. The number of phenols is 2. The van der Waals surface area contributed by atoms with Crippen LogP contribution in [0.15, 0.2) is 17.3 Å². The number of hydrogen-bond donors (Lipinski definition) is 7. The van der Waals surface area contributed by atoms with Crippen LogP contribution in [-0.4, -0.2) is 129 Å². The van der Waals surface area contributed by atoms with Crippen molar-refractivity contribution in [2.75, 3.05) is 25.4 Å². The number of nitrogens with two attached hydrogens (primary N) is 1. The first-order chi connectivity index (χ1) is 23.5. The summed E-state index contributed by atoms with van der Waals surface area (Å²) in [6.07, 6.45) is 0.230. The summed E-state index contributed by atoms with van der Waals surface area (Å²) < 4.78 is -0.0860. The molecule has 0 radical (unpaired) electrons. The topological polar surface area (TPSA) is 295 Å². The number of carbonyl (C=O) groups excluding carboxylic acids is 5. The minimum atomic E-state index is -2.10. The molecule has 20 nitrogen and oxygen atoms in total. The van der Waals surface area contributed by atoms with Crippen LogP contribution in [0.1, 0.15) is 28.9 Å². The van der Waals surface area contributed by atoms with Crippen molar-refractivity contribution in [1.29, 1.82) is 0 Å². The van der Waals surface area contributed by atoms with Crippen LogP contribution in [0, 0.1) is 0 Å². The Balaban J connectivity index is 1.17. The van der Waals surface area contributed by atoms with E-state index in [1.54, 1.807) is 0 Å². The van der Waals surface area contributed by atoms with Crippen LogP contribution in [0.25, 0.3) is 0 Å². The van der Waals surface area contributed by atoms with E-state index in [4.69, 9.17) is 33.8 Å². The number of aromatic nitrogens is 1. The Kier molecular flexibility index (Phi) is 8.60. The maximum absolute atomic E-state index is 13.4. The lowest BCUT2D eigenvalue weighted by Gasteiger charge is -2.41. The van der Waals surface area contributed by atoms with Crippen molar-refractivity contribution in [1.82, 2.24) is 30.5 Å². The number of hydrogen-bond acceptors (Lipinski definition) is 15. The third kappa shape index (κ3) is 5.62. The number of rotatable bonds is 11. The lowest BCUT2D eigenvalue weighted by atomic mass is 10.1. The molecule has 2 aromatic rings. The van der Waals surface area contributed by atoms with Gasteiger partial charge in [0.1, 0.15) is 21.4 Å². The van der Waals surface area contributed by atoms with Gasteiger partial charge in [-0.3, -0.25) is 29.5 Å². The maximum Gasteiger partial charge on any atom is 0.350 e. The molecule has 6 rings (SSSR count). The van der Waals surface area contributed by atoms with Gasteiger partial charge in [0.15, 0.2) is 22.3 Å². The van der Waals surface area contributed by atoms with Crippen molar-refractivity contribution >= 4 is 98.6 Å². The number of thioether (sulfide) groups is 1. The number of thiazole rings is 1. The molecule has 4 heterocycles.